The van der Waals surface area contributed by atoms with Gasteiger partial charge in [0.15, 0.2) is 0 Å². The van der Waals surface area contributed by atoms with Gasteiger partial charge < -0.3 is 5.11 Å². The molecule has 1 N–H and O–H groups in total. The van der Waals surface area contributed by atoms with Crippen molar-refractivity contribution < 1.29 is 13.9 Å². The summed E-state index contributed by atoms with van der Waals surface area (Å²) in [5, 5.41) is 9.80. The summed E-state index contributed by atoms with van der Waals surface area (Å²) in [5.74, 6) is 0.499. The Hall–Kier alpha value is 0.300. The Bertz CT molecular complexity index is 193. The van der Waals surface area contributed by atoms with Crippen molar-refractivity contribution in [1.29, 1.82) is 0 Å². The largest absolute Gasteiger partial charge is 0.383 e. The maximum Gasteiger partial charge on any atom is 0.329 e. The van der Waals surface area contributed by atoms with Crippen LogP contribution in [-0.4, -0.2) is 15.5 Å². The maximum absolute atomic E-state index is 13.1. The fourth-order valence-electron chi connectivity index (χ4n) is 2.09. The van der Waals surface area contributed by atoms with Crippen LogP contribution in [0.5, 0.6) is 0 Å². The third-order valence-electron chi connectivity index (χ3n) is 3.27. The number of hydrogen-bond acceptors (Lipinski definition) is 1. The first-order chi connectivity index (χ1) is 6.39. The molecule has 0 radical (unpaired) electrons. The molecule has 1 nitrogen and oxygen atoms in total. The second-order valence-corrected chi connectivity index (χ2v) is 5.23. The number of aliphatic hydroxyl groups is 1. The van der Waals surface area contributed by atoms with Crippen LogP contribution in [0.1, 0.15) is 45.4 Å². The van der Waals surface area contributed by atoms with E-state index in [2.05, 4.69) is 22.9 Å². The molecule has 0 heterocycles. The Morgan fingerprint density at radius 1 is 1.43 bits per heavy atom. The van der Waals surface area contributed by atoms with Crippen LogP contribution in [0.4, 0.5) is 8.78 Å². The molecule has 0 aromatic carbocycles. The molecule has 14 heavy (non-hydrogen) atoms. The zero-order valence-corrected chi connectivity index (χ0v) is 9.99. The molecule has 0 aliphatic heterocycles. The lowest BCUT2D eigenvalue weighted by Gasteiger charge is -2.31. The SMILES string of the molecule is CCC1CCCC(O)(C(F)(F)Br)CC1. The highest BCUT2D eigenvalue weighted by molar-refractivity contribution is 9.10. The van der Waals surface area contributed by atoms with Crippen molar-refractivity contribution in [2.45, 2.75) is 55.9 Å². The highest BCUT2D eigenvalue weighted by Crippen LogP contribution is 2.44. The van der Waals surface area contributed by atoms with Gasteiger partial charge in [0.25, 0.3) is 0 Å². The van der Waals surface area contributed by atoms with E-state index in [1.807, 2.05) is 0 Å². The van der Waals surface area contributed by atoms with Crippen LogP contribution < -0.4 is 0 Å². The predicted octanol–water partition coefficient (Wildman–Crippen LogP) is 3.70. The summed E-state index contributed by atoms with van der Waals surface area (Å²) < 4.78 is 26.1. The van der Waals surface area contributed by atoms with E-state index in [-0.39, 0.29) is 12.8 Å². The summed E-state index contributed by atoms with van der Waals surface area (Å²) in [5.41, 5.74) is -1.84. The average Bonchev–Trinajstić information content (AvgIpc) is 2.27. The van der Waals surface area contributed by atoms with Crippen molar-refractivity contribution in [2.75, 3.05) is 0 Å². The highest BCUT2D eigenvalue weighted by Gasteiger charge is 2.50. The fourth-order valence-corrected chi connectivity index (χ4v) is 2.48. The van der Waals surface area contributed by atoms with Crippen LogP contribution in [0.15, 0.2) is 0 Å². The minimum absolute atomic E-state index is 0.196. The molecule has 0 aromatic rings. The topological polar surface area (TPSA) is 20.2 Å². The molecule has 0 amide bonds. The van der Waals surface area contributed by atoms with Crippen molar-refractivity contribution in [3.63, 3.8) is 0 Å². The van der Waals surface area contributed by atoms with Crippen LogP contribution >= 0.6 is 15.9 Å². The van der Waals surface area contributed by atoms with Crippen molar-refractivity contribution in [3.8, 4) is 0 Å². The standard InChI is InChI=1S/C10H17BrF2O/c1-2-8-4-3-6-9(14,7-5-8)10(11,12)13/h8,14H,2-7H2,1H3. The van der Waals surface area contributed by atoms with Gasteiger partial charge >= 0.3 is 4.83 Å². The first-order valence-electron chi connectivity index (χ1n) is 5.18. The molecule has 1 saturated carbocycles. The van der Waals surface area contributed by atoms with Crippen molar-refractivity contribution >= 4 is 15.9 Å². The zero-order valence-electron chi connectivity index (χ0n) is 8.40. The zero-order chi connectivity index (χ0) is 10.8. The Labute approximate surface area is 92.0 Å². The summed E-state index contributed by atoms with van der Waals surface area (Å²) >= 11 is 2.29. The molecule has 84 valence electrons. The summed E-state index contributed by atoms with van der Waals surface area (Å²) in [6, 6.07) is 0. The first kappa shape index (κ1) is 12.4. The van der Waals surface area contributed by atoms with Gasteiger partial charge in [-0.2, -0.15) is 8.78 Å². The van der Waals surface area contributed by atoms with Crippen molar-refractivity contribution in [3.05, 3.63) is 0 Å². The third kappa shape index (κ3) is 2.66. The monoisotopic (exact) mass is 270 g/mol. The number of alkyl halides is 3. The quantitative estimate of drug-likeness (QED) is 0.599. The third-order valence-corrected chi connectivity index (χ3v) is 4.01. The maximum atomic E-state index is 13.1. The fraction of sp³-hybridized carbons (Fsp3) is 1.00. The molecule has 2 unspecified atom stereocenters. The molecule has 1 fully saturated rings. The van der Waals surface area contributed by atoms with Gasteiger partial charge in [0, 0.05) is 0 Å². The van der Waals surface area contributed by atoms with Crippen molar-refractivity contribution in [1.82, 2.24) is 0 Å². The van der Waals surface area contributed by atoms with E-state index in [0.29, 0.717) is 18.8 Å². The molecule has 0 bridgehead atoms. The number of halogens is 3. The van der Waals surface area contributed by atoms with Gasteiger partial charge in [0.1, 0.15) is 5.60 Å². The lowest BCUT2D eigenvalue weighted by Crippen LogP contribution is -2.43. The summed E-state index contributed by atoms with van der Waals surface area (Å²) in [6.07, 6.45) is 3.77. The lowest BCUT2D eigenvalue weighted by molar-refractivity contribution is -0.124. The van der Waals surface area contributed by atoms with E-state index < -0.39 is 10.4 Å². The van der Waals surface area contributed by atoms with Gasteiger partial charge in [0.2, 0.25) is 0 Å². The van der Waals surface area contributed by atoms with Gasteiger partial charge in [0.05, 0.1) is 0 Å². The average molecular weight is 271 g/mol. The number of rotatable bonds is 2. The van der Waals surface area contributed by atoms with Crippen LogP contribution in [0, 0.1) is 5.92 Å². The van der Waals surface area contributed by atoms with Crippen LogP contribution in [0.25, 0.3) is 0 Å². The smallest absolute Gasteiger partial charge is 0.329 e. The molecule has 4 heteroatoms. The summed E-state index contributed by atoms with van der Waals surface area (Å²) in [6.45, 7) is 2.07. The predicted molar refractivity (Wildman–Crippen MR) is 55.7 cm³/mol. The van der Waals surface area contributed by atoms with E-state index in [1.54, 1.807) is 0 Å². The van der Waals surface area contributed by atoms with E-state index >= 15 is 0 Å². The second kappa shape index (κ2) is 4.44. The molecule has 1 rings (SSSR count). The Morgan fingerprint density at radius 3 is 2.57 bits per heavy atom. The van der Waals surface area contributed by atoms with Gasteiger partial charge in [-0.1, -0.05) is 26.2 Å². The van der Waals surface area contributed by atoms with Crippen molar-refractivity contribution in [2.24, 2.45) is 5.92 Å². The molecule has 0 aromatic heterocycles. The molecular formula is C10H17BrF2O. The summed E-state index contributed by atoms with van der Waals surface area (Å²) in [4.78, 5) is -3.15. The van der Waals surface area contributed by atoms with E-state index in [9.17, 15) is 13.9 Å². The Balaban J connectivity index is 2.65. The van der Waals surface area contributed by atoms with Gasteiger partial charge in [-0.3, -0.25) is 0 Å². The van der Waals surface area contributed by atoms with Crippen LogP contribution in [0.3, 0.4) is 0 Å². The van der Waals surface area contributed by atoms with E-state index in [4.69, 9.17) is 0 Å². The van der Waals surface area contributed by atoms with E-state index in [0.717, 1.165) is 12.8 Å². The van der Waals surface area contributed by atoms with Gasteiger partial charge in [-0.15, -0.1) is 0 Å². The molecule has 0 spiro atoms. The van der Waals surface area contributed by atoms with E-state index in [1.165, 1.54) is 0 Å². The second-order valence-electron chi connectivity index (χ2n) is 4.23. The first-order valence-corrected chi connectivity index (χ1v) is 5.97. The minimum Gasteiger partial charge on any atom is -0.383 e. The summed E-state index contributed by atoms with van der Waals surface area (Å²) in [7, 11) is 0. The molecule has 1 aliphatic carbocycles. The number of hydrogen-bond donors (Lipinski definition) is 1. The Morgan fingerprint density at radius 2 is 2.07 bits per heavy atom. The van der Waals surface area contributed by atoms with Crippen LogP contribution in [-0.2, 0) is 0 Å². The highest BCUT2D eigenvalue weighted by atomic mass is 79.9. The Kier molecular flexibility index (Phi) is 3.92. The van der Waals surface area contributed by atoms with Gasteiger partial charge in [-0.05, 0) is 41.1 Å². The van der Waals surface area contributed by atoms with Gasteiger partial charge in [-0.25, -0.2) is 0 Å². The van der Waals surface area contributed by atoms with Crippen LogP contribution in [0.2, 0.25) is 0 Å². The lowest BCUT2D eigenvalue weighted by atomic mass is 9.93. The minimum atomic E-state index is -3.15. The molecular weight excluding hydrogens is 254 g/mol. The normalized spacial score (nSPS) is 35.4. The molecule has 0 saturated heterocycles. The molecule has 1 aliphatic rings. The molecule has 2 atom stereocenters.